The van der Waals surface area contributed by atoms with E-state index in [-0.39, 0.29) is 18.2 Å². The van der Waals surface area contributed by atoms with Gasteiger partial charge in [-0.3, -0.25) is 19.2 Å². The smallest absolute Gasteiger partial charge is 0.246 e. The molecule has 0 spiro atoms. The molecule has 10 nitrogen and oxygen atoms in total. The molecule has 0 radical (unpaired) electrons. The van der Waals surface area contributed by atoms with Gasteiger partial charge in [0.1, 0.15) is 23.7 Å². The summed E-state index contributed by atoms with van der Waals surface area (Å²) in [5, 5.41) is 27.7. The van der Waals surface area contributed by atoms with E-state index in [1.807, 2.05) is 30.3 Å². The van der Waals surface area contributed by atoms with Gasteiger partial charge in [0, 0.05) is 13.0 Å². The van der Waals surface area contributed by atoms with Crippen LogP contribution in [0.4, 0.5) is 0 Å². The fourth-order valence-corrected chi connectivity index (χ4v) is 5.00. The molecule has 2 heterocycles. The number of aliphatic hydroxyl groups is 2. The quantitative estimate of drug-likeness (QED) is 0.298. The van der Waals surface area contributed by atoms with Gasteiger partial charge < -0.3 is 31.1 Å². The maximum atomic E-state index is 13.6. The predicted molar refractivity (Wildman–Crippen MR) is 142 cm³/mol. The van der Waals surface area contributed by atoms with Crippen LogP contribution in [0.3, 0.4) is 0 Å². The van der Waals surface area contributed by atoms with Gasteiger partial charge in [0.15, 0.2) is 0 Å². The van der Waals surface area contributed by atoms with E-state index in [1.54, 1.807) is 13.8 Å². The second-order valence-electron chi connectivity index (χ2n) is 11.0. The van der Waals surface area contributed by atoms with Crippen LogP contribution in [0.5, 0.6) is 0 Å². The average Bonchev–Trinajstić information content (AvgIpc) is 3.36. The Kier molecular flexibility index (Phi) is 10.3. The van der Waals surface area contributed by atoms with Crippen LogP contribution in [0.15, 0.2) is 30.3 Å². The molecular formula is C28H42N4O6. The first kappa shape index (κ1) is 29.6. The highest BCUT2D eigenvalue weighted by atomic mass is 16.3. The topological polar surface area (TPSA) is 148 Å². The minimum Gasteiger partial charge on any atom is -0.391 e. The van der Waals surface area contributed by atoms with Crippen molar-refractivity contribution >= 4 is 23.6 Å². The molecule has 4 amide bonds. The molecule has 2 fully saturated rings. The van der Waals surface area contributed by atoms with Crippen LogP contribution >= 0.6 is 0 Å². The monoisotopic (exact) mass is 530 g/mol. The van der Waals surface area contributed by atoms with Crippen LogP contribution in [0.2, 0.25) is 0 Å². The number of nitrogens with one attached hydrogen (secondary N) is 3. The van der Waals surface area contributed by atoms with Gasteiger partial charge in [0.05, 0.1) is 12.2 Å². The number of amides is 4. The highest BCUT2D eigenvalue weighted by molar-refractivity contribution is 5.99. The molecule has 1 aromatic carbocycles. The van der Waals surface area contributed by atoms with Crippen molar-refractivity contribution < 1.29 is 29.4 Å². The van der Waals surface area contributed by atoms with Crippen LogP contribution in [-0.2, 0) is 25.6 Å². The van der Waals surface area contributed by atoms with Gasteiger partial charge in [-0.15, -0.1) is 0 Å². The van der Waals surface area contributed by atoms with Gasteiger partial charge in [0.25, 0.3) is 0 Å². The lowest BCUT2D eigenvalue weighted by molar-refractivity contribution is -0.144. The molecule has 2 saturated heterocycles. The zero-order valence-electron chi connectivity index (χ0n) is 22.6. The molecule has 2 aliphatic heterocycles. The maximum absolute atomic E-state index is 13.6. The van der Waals surface area contributed by atoms with Crippen LogP contribution in [0.25, 0.3) is 0 Å². The lowest BCUT2D eigenvalue weighted by Gasteiger charge is -2.34. The normalized spacial score (nSPS) is 25.8. The first-order chi connectivity index (χ1) is 18.0. The number of fused-ring (bicyclic) bond motifs is 1. The third-order valence-electron chi connectivity index (χ3n) is 7.41. The van der Waals surface area contributed by atoms with Crippen molar-refractivity contribution in [1.29, 1.82) is 0 Å². The Morgan fingerprint density at radius 2 is 1.68 bits per heavy atom. The van der Waals surface area contributed by atoms with E-state index < -0.39 is 47.7 Å². The number of benzene rings is 1. The molecule has 3 rings (SSSR count). The summed E-state index contributed by atoms with van der Waals surface area (Å²) in [5.74, 6) is -1.62. The summed E-state index contributed by atoms with van der Waals surface area (Å²) in [7, 11) is 0. The SMILES string of the molecule is C[C@H](O)[C@@H](O)CCCCC[C@@H]1NC(=O)[C@H]2CCCN2C(=O)[C@H](Cc2ccccc2)NC(=O)C(C)(C)NC1=O. The zero-order chi connectivity index (χ0) is 27.9. The Morgan fingerprint density at radius 3 is 2.37 bits per heavy atom. The van der Waals surface area contributed by atoms with E-state index >= 15 is 0 Å². The maximum Gasteiger partial charge on any atom is 0.246 e. The molecular weight excluding hydrogens is 488 g/mol. The zero-order valence-corrected chi connectivity index (χ0v) is 22.6. The summed E-state index contributed by atoms with van der Waals surface area (Å²) in [6.45, 7) is 5.09. The summed E-state index contributed by atoms with van der Waals surface area (Å²) < 4.78 is 0. The Bertz CT molecular complexity index is 983. The van der Waals surface area contributed by atoms with Crippen LogP contribution in [-0.4, -0.2) is 81.2 Å². The van der Waals surface area contributed by atoms with Crippen molar-refractivity contribution in [3.63, 3.8) is 0 Å². The Balaban J connectivity index is 1.77. The fraction of sp³-hybridized carbons (Fsp3) is 0.643. The Labute approximate surface area is 224 Å². The molecule has 0 unspecified atom stereocenters. The molecule has 0 aliphatic carbocycles. The number of unbranched alkanes of at least 4 members (excludes halogenated alkanes) is 2. The third kappa shape index (κ3) is 7.77. The minimum atomic E-state index is -1.32. The first-order valence-corrected chi connectivity index (χ1v) is 13.6. The second kappa shape index (κ2) is 13.2. The molecule has 0 aromatic heterocycles. The highest BCUT2D eigenvalue weighted by Gasteiger charge is 2.42. The van der Waals surface area contributed by atoms with Crippen LogP contribution in [0.1, 0.15) is 71.3 Å². The summed E-state index contributed by atoms with van der Waals surface area (Å²) >= 11 is 0. The van der Waals surface area contributed by atoms with Crippen molar-refractivity contribution in [3.05, 3.63) is 35.9 Å². The van der Waals surface area contributed by atoms with E-state index in [9.17, 15) is 29.4 Å². The molecule has 0 saturated carbocycles. The number of carbonyl (C=O) groups excluding carboxylic acids is 4. The molecule has 38 heavy (non-hydrogen) atoms. The number of aliphatic hydroxyl groups excluding tert-OH is 2. The van der Waals surface area contributed by atoms with Crippen molar-refractivity contribution in [1.82, 2.24) is 20.9 Å². The molecule has 10 heteroatoms. The second-order valence-corrected chi connectivity index (χ2v) is 11.0. The standard InChI is InChI=1S/C28H42N4O6/c1-18(33)23(34)15-9-5-8-13-20-24(35)31-28(2,3)27(38)30-21(17-19-11-6-4-7-12-19)26(37)32-16-10-14-22(32)25(36)29-20/h4,6-7,11-12,18,20-23,33-34H,5,8-10,13-17H2,1-3H3,(H,29,36)(H,30,38)(H,31,35)/t18-,20-,21-,22+,23-/m0/s1. The van der Waals surface area contributed by atoms with Crippen LogP contribution < -0.4 is 16.0 Å². The van der Waals surface area contributed by atoms with Gasteiger partial charge in [-0.05, 0) is 52.0 Å². The van der Waals surface area contributed by atoms with E-state index in [0.29, 0.717) is 51.5 Å². The van der Waals surface area contributed by atoms with E-state index in [1.165, 1.54) is 11.8 Å². The molecule has 5 atom stereocenters. The molecule has 0 bridgehead atoms. The number of nitrogens with zero attached hydrogens (tertiary/aromatic N) is 1. The first-order valence-electron chi connectivity index (χ1n) is 13.6. The van der Waals surface area contributed by atoms with Gasteiger partial charge in [0.2, 0.25) is 23.6 Å². The third-order valence-corrected chi connectivity index (χ3v) is 7.41. The van der Waals surface area contributed by atoms with Crippen molar-refractivity contribution in [2.24, 2.45) is 0 Å². The summed E-state index contributed by atoms with van der Waals surface area (Å²) in [6.07, 6.45) is 2.56. The summed E-state index contributed by atoms with van der Waals surface area (Å²) in [4.78, 5) is 55.1. The van der Waals surface area contributed by atoms with E-state index in [2.05, 4.69) is 16.0 Å². The van der Waals surface area contributed by atoms with Gasteiger partial charge in [-0.25, -0.2) is 0 Å². The summed E-state index contributed by atoms with van der Waals surface area (Å²) in [6, 6.07) is 6.92. The predicted octanol–water partition coefficient (Wildman–Crippen LogP) is 0.790. The molecule has 2 aliphatic rings. The number of hydrogen-bond donors (Lipinski definition) is 5. The Morgan fingerprint density at radius 1 is 0.974 bits per heavy atom. The fourth-order valence-electron chi connectivity index (χ4n) is 5.00. The number of rotatable bonds is 9. The lowest BCUT2D eigenvalue weighted by Crippen LogP contribution is -2.64. The Hall–Kier alpha value is -2.98. The van der Waals surface area contributed by atoms with Gasteiger partial charge >= 0.3 is 0 Å². The van der Waals surface area contributed by atoms with Crippen molar-refractivity contribution in [2.45, 2.75) is 108 Å². The van der Waals surface area contributed by atoms with Gasteiger partial charge in [-0.2, -0.15) is 0 Å². The molecule has 210 valence electrons. The van der Waals surface area contributed by atoms with Crippen LogP contribution in [0, 0.1) is 0 Å². The van der Waals surface area contributed by atoms with Crippen molar-refractivity contribution in [2.75, 3.05) is 6.54 Å². The molecule has 1 aromatic rings. The summed E-state index contributed by atoms with van der Waals surface area (Å²) in [5.41, 5.74) is -0.443. The average molecular weight is 531 g/mol. The largest absolute Gasteiger partial charge is 0.391 e. The number of carbonyl (C=O) groups is 4. The lowest BCUT2D eigenvalue weighted by atomic mass is 9.98. The minimum absolute atomic E-state index is 0.270. The van der Waals surface area contributed by atoms with E-state index in [0.717, 1.165) is 5.56 Å². The highest BCUT2D eigenvalue weighted by Crippen LogP contribution is 2.21. The van der Waals surface area contributed by atoms with E-state index in [4.69, 9.17) is 0 Å². The van der Waals surface area contributed by atoms with Crippen molar-refractivity contribution in [3.8, 4) is 0 Å². The number of hydrogen-bond acceptors (Lipinski definition) is 6. The van der Waals surface area contributed by atoms with Gasteiger partial charge in [-0.1, -0.05) is 49.6 Å². The molecule has 5 N–H and O–H groups in total.